The topological polar surface area (TPSA) is 9.23 Å². The van der Waals surface area contributed by atoms with Crippen molar-refractivity contribution in [3.63, 3.8) is 0 Å². The Morgan fingerprint density at radius 1 is 0.629 bits per heavy atom. The first-order valence-corrected chi connectivity index (χ1v) is 13.8. The van der Waals surface area contributed by atoms with Crippen LogP contribution in [0, 0.1) is 0 Å². The lowest BCUT2D eigenvalue weighted by Crippen LogP contribution is -2.32. The first kappa shape index (κ1) is 23.8. The lowest BCUT2D eigenvalue weighted by atomic mass is 9.83. The van der Waals surface area contributed by atoms with E-state index in [1.807, 2.05) is 0 Å². The van der Waals surface area contributed by atoms with Crippen LogP contribution in [0.5, 0.6) is 11.5 Å². The third kappa shape index (κ3) is 4.67. The zero-order valence-electron chi connectivity index (χ0n) is 21.7. The van der Waals surface area contributed by atoms with Crippen LogP contribution in [0.3, 0.4) is 0 Å². The Labute approximate surface area is 211 Å². The molecule has 0 unspecified atom stereocenters. The SMILES string of the molecule is CC(C)(C)c1ccc2c(c1)Cc1c(ccc(C(C)(C)C)c1P(c1ccccc1)c1ccccc1)O2. The van der Waals surface area contributed by atoms with E-state index < -0.39 is 7.92 Å². The van der Waals surface area contributed by atoms with Gasteiger partial charge in [-0.05, 0) is 63.5 Å². The molecule has 5 rings (SSSR count). The maximum absolute atomic E-state index is 6.59. The van der Waals surface area contributed by atoms with Crippen LogP contribution in [0.15, 0.2) is 91.0 Å². The molecule has 1 nitrogen and oxygen atoms in total. The molecule has 1 aliphatic heterocycles. The van der Waals surface area contributed by atoms with Crippen molar-refractivity contribution in [3.8, 4) is 11.5 Å². The summed E-state index contributed by atoms with van der Waals surface area (Å²) in [5.41, 5.74) is 5.51. The summed E-state index contributed by atoms with van der Waals surface area (Å²) in [4.78, 5) is 0. The van der Waals surface area contributed by atoms with E-state index in [0.29, 0.717) is 0 Å². The van der Waals surface area contributed by atoms with Crippen molar-refractivity contribution in [2.75, 3.05) is 0 Å². The van der Waals surface area contributed by atoms with Gasteiger partial charge in [0, 0.05) is 12.0 Å². The van der Waals surface area contributed by atoms with Gasteiger partial charge in [-0.2, -0.15) is 0 Å². The molecule has 0 aromatic heterocycles. The Hall–Kier alpha value is -2.89. The summed E-state index contributed by atoms with van der Waals surface area (Å²) in [5, 5.41) is 4.21. The summed E-state index contributed by atoms with van der Waals surface area (Å²) in [7, 11) is -0.745. The molecule has 0 spiro atoms. The maximum atomic E-state index is 6.59. The van der Waals surface area contributed by atoms with Gasteiger partial charge >= 0.3 is 0 Å². The zero-order chi connectivity index (χ0) is 24.8. The lowest BCUT2D eigenvalue weighted by Gasteiger charge is -2.34. The van der Waals surface area contributed by atoms with Gasteiger partial charge in [0.1, 0.15) is 11.5 Å². The Bertz CT molecular complexity index is 1300. The van der Waals surface area contributed by atoms with E-state index in [0.717, 1.165) is 17.9 Å². The summed E-state index contributed by atoms with van der Waals surface area (Å²) in [6, 6.07) is 33.3. The second kappa shape index (κ2) is 8.96. The van der Waals surface area contributed by atoms with Crippen molar-refractivity contribution in [1.82, 2.24) is 0 Å². The van der Waals surface area contributed by atoms with Crippen molar-refractivity contribution in [2.45, 2.75) is 58.8 Å². The van der Waals surface area contributed by atoms with Gasteiger partial charge in [0.2, 0.25) is 0 Å². The van der Waals surface area contributed by atoms with Crippen LogP contribution in [0.25, 0.3) is 0 Å². The second-order valence-electron chi connectivity index (χ2n) is 11.5. The fourth-order valence-corrected chi connectivity index (χ4v) is 7.76. The molecule has 0 aliphatic carbocycles. The Morgan fingerprint density at radius 2 is 1.20 bits per heavy atom. The van der Waals surface area contributed by atoms with E-state index in [4.69, 9.17) is 4.74 Å². The van der Waals surface area contributed by atoms with Gasteiger partial charge in [-0.1, -0.05) is 120 Å². The molecule has 178 valence electrons. The normalized spacial score (nSPS) is 13.2. The Kier molecular flexibility index (Phi) is 6.10. The van der Waals surface area contributed by atoms with Crippen molar-refractivity contribution >= 4 is 23.8 Å². The maximum Gasteiger partial charge on any atom is 0.131 e. The van der Waals surface area contributed by atoms with Gasteiger partial charge in [0.05, 0.1) is 0 Å². The fraction of sp³-hybridized carbons (Fsp3) is 0.273. The van der Waals surface area contributed by atoms with Crippen LogP contribution in [-0.4, -0.2) is 0 Å². The van der Waals surface area contributed by atoms with Gasteiger partial charge in [0.15, 0.2) is 0 Å². The predicted molar refractivity (Wildman–Crippen MR) is 152 cm³/mol. The van der Waals surface area contributed by atoms with Crippen LogP contribution >= 0.6 is 7.92 Å². The highest BCUT2D eigenvalue weighted by molar-refractivity contribution is 7.80. The lowest BCUT2D eigenvalue weighted by molar-refractivity contribution is 0.458. The quantitative estimate of drug-likeness (QED) is 0.241. The predicted octanol–water partition coefficient (Wildman–Crippen LogP) is 7.74. The molecular formula is C33H35OP. The molecule has 0 bridgehead atoms. The highest BCUT2D eigenvalue weighted by Gasteiger charge is 2.32. The highest BCUT2D eigenvalue weighted by Crippen LogP contribution is 2.45. The minimum Gasteiger partial charge on any atom is -0.457 e. The van der Waals surface area contributed by atoms with Crippen LogP contribution in [0.2, 0.25) is 0 Å². The molecule has 0 saturated heterocycles. The molecule has 4 aromatic rings. The third-order valence-electron chi connectivity index (χ3n) is 6.81. The summed E-state index contributed by atoms with van der Waals surface area (Å²) in [6.07, 6.45) is 0.895. The summed E-state index contributed by atoms with van der Waals surface area (Å²) in [5.74, 6) is 1.99. The Morgan fingerprint density at radius 3 is 1.74 bits per heavy atom. The highest BCUT2D eigenvalue weighted by atomic mass is 31.1. The summed E-state index contributed by atoms with van der Waals surface area (Å²) < 4.78 is 6.59. The van der Waals surface area contributed by atoms with E-state index in [9.17, 15) is 0 Å². The van der Waals surface area contributed by atoms with Gasteiger partial charge in [-0.25, -0.2) is 0 Å². The standard InChI is InChI=1S/C33H35OP/c1-32(2,3)24-17-19-29-23(21-24)22-27-30(34-29)20-18-28(33(4,5)6)31(27)35(25-13-9-7-10-14-25)26-15-11-8-12-16-26/h7-21H,22H2,1-6H3. The van der Waals surface area contributed by atoms with E-state index in [1.54, 1.807) is 0 Å². The van der Waals surface area contributed by atoms with Crippen LogP contribution in [0.4, 0.5) is 0 Å². The fourth-order valence-electron chi connectivity index (χ4n) is 4.90. The molecule has 0 atom stereocenters. The zero-order valence-corrected chi connectivity index (χ0v) is 22.6. The molecule has 0 fully saturated rings. The largest absolute Gasteiger partial charge is 0.457 e. The van der Waals surface area contributed by atoms with Crippen molar-refractivity contribution < 1.29 is 4.74 Å². The summed E-state index contributed by atoms with van der Waals surface area (Å²) in [6.45, 7) is 13.8. The molecule has 0 radical (unpaired) electrons. The van der Waals surface area contributed by atoms with Crippen LogP contribution in [-0.2, 0) is 17.3 Å². The van der Waals surface area contributed by atoms with E-state index >= 15 is 0 Å². The second-order valence-corrected chi connectivity index (χ2v) is 13.7. The van der Waals surface area contributed by atoms with Gasteiger partial charge < -0.3 is 4.74 Å². The number of ether oxygens (including phenoxy) is 1. The van der Waals surface area contributed by atoms with Gasteiger partial charge in [-0.15, -0.1) is 0 Å². The number of hydrogen-bond donors (Lipinski definition) is 0. The molecule has 4 aromatic carbocycles. The first-order chi connectivity index (χ1) is 16.6. The van der Waals surface area contributed by atoms with Crippen molar-refractivity contribution in [2.24, 2.45) is 0 Å². The number of benzene rings is 4. The Balaban J connectivity index is 1.76. The minimum absolute atomic E-state index is 0.0159. The number of fused-ring (bicyclic) bond motifs is 2. The van der Waals surface area contributed by atoms with E-state index in [-0.39, 0.29) is 10.8 Å². The molecule has 1 heterocycles. The average molecular weight is 479 g/mol. The van der Waals surface area contributed by atoms with Crippen LogP contribution in [0.1, 0.15) is 63.8 Å². The average Bonchev–Trinajstić information content (AvgIpc) is 2.83. The van der Waals surface area contributed by atoms with Crippen LogP contribution < -0.4 is 20.7 Å². The minimum atomic E-state index is -0.745. The van der Waals surface area contributed by atoms with E-state index in [1.165, 1.54) is 38.2 Å². The van der Waals surface area contributed by atoms with E-state index in [2.05, 4.69) is 133 Å². The third-order valence-corrected chi connectivity index (χ3v) is 9.40. The molecule has 0 saturated carbocycles. The molecule has 35 heavy (non-hydrogen) atoms. The monoisotopic (exact) mass is 478 g/mol. The molecule has 2 heteroatoms. The molecule has 0 N–H and O–H groups in total. The van der Waals surface area contributed by atoms with Crippen molar-refractivity contribution in [3.05, 3.63) is 113 Å². The van der Waals surface area contributed by atoms with Gasteiger partial charge in [-0.3, -0.25) is 0 Å². The molecular weight excluding hydrogens is 443 g/mol. The summed E-state index contributed by atoms with van der Waals surface area (Å²) >= 11 is 0. The number of rotatable bonds is 3. The first-order valence-electron chi connectivity index (χ1n) is 12.5. The number of hydrogen-bond acceptors (Lipinski definition) is 1. The molecule has 0 amide bonds. The van der Waals surface area contributed by atoms with Crippen molar-refractivity contribution in [1.29, 1.82) is 0 Å². The van der Waals surface area contributed by atoms with Gasteiger partial charge in [0.25, 0.3) is 0 Å². The molecule has 1 aliphatic rings. The smallest absolute Gasteiger partial charge is 0.131 e.